The topological polar surface area (TPSA) is 141 Å². The number of fused-ring (bicyclic) bond motifs is 1. The average Bonchev–Trinajstić information content (AvgIpc) is 3.19. The molecule has 0 radical (unpaired) electrons. The molecule has 1 aliphatic carbocycles. The van der Waals surface area contributed by atoms with Gasteiger partial charge in [0, 0.05) is 56.3 Å². The van der Waals surface area contributed by atoms with Crippen LogP contribution in [0.4, 0.5) is 29.5 Å². The molecule has 1 saturated carbocycles. The summed E-state index contributed by atoms with van der Waals surface area (Å²) in [5, 5.41) is 26.0. The molecule has 5 heterocycles. The number of likely N-dealkylation sites (tertiary alicyclic amines) is 1. The van der Waals surface area contributed by atoms with Crippen molar-refractivity contribution in [2.45, 2.75) is 88.8 Å². The molecule has 3 atom stereocenters. The van der Waals surface area contributed by atoms with Crippen LogP contribution >= 0.6 is 0 Å². The Hall–Kier alpha value is -3.39. The maximum Gasteiger partial charge on any atom is 0.417 e. The standard InChI is InChI=1S/C27H36F3N9O2/c1-15(2)12-39-21-9-19(32-10-18(21)23(36-39)37-13-17(31)8-16(37)3)22-20(11-33-35-22)34-24(40)38-7-6-26(41,27(28,29)30)14-25(38)4-5-25/h9-11,15-17,41H,4-8,12-14,31H2,1-3H3,(H,33,35)(H,34,40)/t16-,17-,26+/m0/s1. The van der Waals surface area contributed by atoms with Crippen LogP contribution in [0.3, 0.4) is 0 Å². The number of nitrogens with two attached hydrogens (primary N) is 1. The van der Waals surface area contributed by atoms with Gasteiger partial charge in [0.2, 0.25) is 0 Å². The lowest BCUT2D eigenvalue weighted by molar-refractivity contribution is -0.277. The van der Waals surface area contributed by atoms with E-state index in [1.54, 1.807) is 6.20 Å². The van der Waals surface area contributed by atoms with E-state index in [1.165, 1.54) is 11.1 Å². The highest BCUT2D eigenvalue weighted by molar-refractivity contribution is 5.96. The van der Waals surface area contributed by atoms with Gasteiger partial charge >= 0.3 is 12.2 Å². The molecule has 14 heteroatoms. The maximum absolute atomic E-state index is 13.5. The van der Waals surface area contributed by atoms with E-state index in [1.807, 2.05) is 10.7 Å². The number of nitrogens with one attached hydrogen (secondary N) is 2. The fraction of sp³-hybridized carbons (Fsp3) is 0.630. The molecule has 2 aliphatic heterocycles. The van der Waals surface area contributed by atoms with Gasteiger partial charge in [-0.1, -0.05) is 13.8 Å². The third-order valence-corrected chi connectivity index (χ3v) is 8.71. The van der Waals surface area contributed by atoms with Gasteiger partial charge in [0.1, 0.15) is 5.69 Å². The van der Waals surface area contributed by atoms with Crippen LogP contribution in [-0.2, 0) is 6.54 Å². The van der Waals surface area contributed by atoms with Crippen molar-refractivity contribution < 1.29 is 23.1 Å². The number of nitrogens with zero attached hydrogens (tertiary/aromatic N) is 6. The Balaban J connectivity index is 1.28. The molecule has 0 unspecified atom stereocenters. The van der Waals surface area contributed by atoms with Crippen molar-refractivity contribution in [3.05, 3.63) is 18.5 Å². The molecule has 222 valence electrons. The number of aliphatic hydroxyl groups is 1. The molecule has 1 spiro atoms. The summed E-state index contributed by atoms with van der Waals surface area (Å²) in [5.41, 5.74) is 4.72. The lowest BCUT2D eigenvalue weighted by atomic mass is 9.84. The van der Waals surface area contributed by atoms with Gasteiger partial charge in [0.15, 0.2) is 11.4 Å². The van der Waals surface area contributed by atoms with Crippen LogP contribution in [0.15, 0.2) is 18.5 Å². The summed E-state index contributed by atoms with van der Waals surface area (Å²) in [7, 11) is 0. The summed E-state index contributed by atoms with van der Waals surface area (Å²) in [6.45, 7) is 7.59. The van der Waals surface area contributed by atoms with E-state index in [0.717, 1.165) is 23.1 Å². The first-order valence-electron chi connectivity index (χ1n) is 14.1. The van der Waals surface area contributed by atoms with Crippen LogP contribution in [0.2, 0.25) is 0 Å². The first-order valence-corrected chi connectivity index (χ1v) is 14.1. The third-order valence-electron chi connectivity index (χ3n) is 8.71. The Kier molecular flexibility index (Phi) is 6.49. The monoisotopic (exact) mass is 575 g/mol. The summed E-state index contributed by atoms with van der Waals surface area (Å²) >= 11 is 0. The molecule has 3 aliphatic rings. The first-order chi connectivity index (χ1) is 19.3. The first kappa shape index (κ1) is 27.8. The number of amides is 2. The molecule has 3 aromatic rings. The minimum atomic E-state index is -4.74. The second-order valence-electron chi connectivity index (χ2n) is 12.4. The van der Waals surface area contributed by atoms with Crippen molar-refractivity contribution in [1.82, 2.24) is 29.9 Å². The number of rotatable bonds is 5. The number of anilines is 2. The van der Waals surface area contributed by atoms with E-state index in [2.05, 4.69) is 46.2 Å². The number of piperidine rings is 1. The van der Waals surface area contributed by atoms with E-state index < -0.39 is 36.2 Å². The molecule has 11 nitrogen and oxygen atoms in total. The normalized spacial score (nSPS) is 26.0. The molecule has 3 fully saturated rings. The maximum atomic E-state index is 13.5. The second-order valence-corrected chi connectivity index (χ2v) is 12.4. The van der Waals surface area contributed by atoms with E-state index in [9.17, 15) is 23.1 Å². The van der Waals surface area contributed by atoms with Gasteiger partial charge in [-0.2, -0.15) is 23.4 Å². The van der Waals surface area contributed by atoms with E-state index in [0.29, 0.717) is 48.9 Å². The smallest absolute Gasteiger partial charge is 0.380 e. The number of hydrogen-bond acceptors (Lipinski definition) is 7. The number of aromatic nitrogens is 5. The van der Waals surface area contributed by atoms with Crippen molar-refractivity contribution in [1.29, 1.82) is 0 Å². The second kappa shape index (κ2) is 9.58. The predicted molar refractivity (Wildman–Crippen MR) is 147 cm³/mol. The minimum Gasteiger partial charge on any atom is -0.380 e. The van der Waals surface area contributed by atoms with Gasteiger partial charge in [0.05, 0.1) is 28.5 Å². The number of aromatic amines is 1. The number of carbonyl (C=O) groups is 1. The fourth-order valence-corrected chi connectivity index (χ4v) is 6.43. The van der Waals surface area contributed by atoms with Gasteiger partial charge in [-0.15, -0.1) is 0 Å². The van der Waals surface area contributed by atoms with Gasteiger partial charge in [-0.25, -0.2) is 4.79 Å². The highest BCUT2D eigenvalue weighted by Crippen LogP contribution is 2.55. The van der Waals surface area contributed by atoms with Gasteiger partial charge in [-0.05, 0) is 38.2 Å². The SMILES string of the molecule is CC(C)Cn1nc(N2C[C@@H](N)C[C@@H]2C)c2cnc(-c3[nH]ncc3NC(=O)N3CC[C@](O)(C(F)(F)F)CC34CC4)cc21. The van der Waals surface area contributed by atoms with Crippen molar-refractivity contribution in [2.24, 2.45) is 11.7 Å². The number of urea groups is 1. The Labute approximate surface area is 235 Å². The highest BCUT2D eigenvalue weighted by Gasteiger charge is 2.65. The zero-order chi connectivity index (χ0) is 29.3. The summed E-state index contributed by atoms with van der Waals surface area (Å²) < 4.78 is 42.5. The summed E-state index contributed by atoms with van der Waals surface area (Å²) in [6, 6.07) is 1.71. The Morgan fingerprint density at radius 1 is 1.29 bits per heavy atom. The molecule has 2 saturated heterocycles. The van der Waals surface area contributed by atoms with Crippen molar-refractivity contribution >= 4 is 28.4 Å². The fourth-order valence-electron chi connectivity index (χ4n) is 6.43. The number of alkyl halides is 3. The predicted octanol–water partition coefficient (Wildman–Crippen LogP) is 3.86. The van der Waals surface area contributed by atoms with E-state index in [-0.39, 0.29) is 18.6 Å². The Morgan fingerprint density at radius 2 is 2.05 bits per heavy atom. The van der Waals surface area contributed by atoms with Crippen LogP contribution in [0.5, 0.6) is 0 Å². The van der Waals surface area contributed by atoms with E-state index in [4.69, 9.17) is 10.8 Å². The number of carbonyl (C=O) groups excluding carboxylic acids is 1. The van der Waals surface area contributed by atoms with Crippen LogP contribution in [0, 0.1) is 5.92 Å². The van der Waals surface area contributed by atoms with Gasteiger partial charge in [-0.3, -0.25) is 14.8 Å². The summed E-state index contributed by atoms with van der Waals surface area (Å²) in [5.74, 6) is 1.19. The lowest BCUT2D eigenvalue weighted by Gasteiger charge is -2.45. The van der Waals surface area contributed by atoms with Gasteiger partial charge in [0.25, 0.3) is 0 Å². The molecule has 41 heavy (non-hydrogen) atoms. The number of pyridine rings is 1. The summed E-state index contributed by atoms with van der Waals surface area (Å²) in [4.78, 5) is 21.6. The average molecular weight is 576 g/mol. The molecule has 0 aromatic carbocycles. The van der Waals surface area contributed by atoms with E-state index >= 15 is 0 Å². The quantitative estimate of drug-likeness (QED) is 0.362. The van der Waals surface area contributed by atoms with Crippen LogP contribution in [0.25, 0.3) is 22.3 Å². The molecular weight excluding hydrogens is 539 g/mol. The zero-order valence-electron chi connectivity index (χ0n) is 23.4. The zero-order valence-corrected chi connectivity index (χ0v) is 23.4. The Morgan fingerprint density at radius 3 is 2.68 bits per heavy atom. The number of halogens is 3. The molecular formula is C27H36F3N9O2. The number of hydrogen-bond donors (Lipinski definition) is 4. The van der Waals surface area contributed by atoms with Crippen LogP contribution in [-0.4, -0.2) is 83.5 Å². The largest absolute Gasteiger partial charge is 0.417 e. The molecule has 6 rings (SSSR count). The minimum absolute atomic E-state index is 0.0793. The number of H-pyrrole nitrogens is 1. The van der Waals surface area contributed by atoms with Crippen LogP contribution in [0.1, 0.15) is 52.9 Å². The van der Waals surface area contributed by atoms with Crippen molar-refractivity contribution in [3.63, 3.8) is 0 Å². The third kappa shape index (κ3) is 4.80. The van der Waals surface area contributed by atoms with Gasteiger partial charge < -0.3 is 26.0 Å². The van der Waals surface area contributed by atoms with Crippen LogP contribution < -0.4 is 16.0 Å². The molecule has 5 N–H and O–H groups in total. The molecule has 0 bridgehead atoms. The lowest BCUT2D eigenvalue weighted by Crippen LogP contribution is -2.60. The molecule has 2 amide bonds. The van der Waals surface area contributed by atoms with Crippen molar-refractivity contribution in [3.8, 4) is 11.4 Å². The summed E-state index contributed by atoms with van der Waals surface area (Å²) in [6.07, 6.45) is -0.882. The molecule has 3 aromatic heterocycles. The van der Waals surface area contributed by atoms with Crippen molar-refractivity contribution in [2.75, 3.05) is 23.3 Å². The Bertz CT molecular complexity index is 1460. The highest BCUT2D eigenvalue weighted by atomic mass is 19.4.